The van der Waals surface area contributed by atoms with Crippen molar-refractivity contribution in [3.63, 3.8) is 0 Å². The van der Waals surface area contributed by atoms with E-state index in [-0.39, 0.29) is 4.90 Å². The summed E-state index contributed by atoms with van der Waals surface area (Å²) < 4.78 is 26.7. The van der Waals surface area contributed by atoms with Gasteiger partial charge in [0.1, 0.15) is 0 Å². The van der Waals surface area contributed by atoms with Crippen LogP contribution in [-0.4, -0.2) is 25.5 Å². The number of rotatable bonds is 5. The number of hydrogen-bond donors (Lipinski definition) is 2. The van der Waals surface area contributed by atoms with Crippen LogP contribution in [-0.2, 0) is 14.8 Å². The summed E-state index contributed by atoms with van der Waals surface area (Å²) in [6.45, 7) is 4.59. The maximum absolute atomic E-state index is 12.2. The molecule has 0 aromatic heterocycles. The molecule has 1 aromatic carbocycles. The predicted molar refractivity (Wildman–Crippen MR) is 72.8 cm³/mol. The van der Waals surface area contributed by atoms with Crippen LogP contribution in [0.25, 0.3) is 0 Å². The van der Waals surface area contributed by atoms with Gasteiger partial charge >= 0.3 is 5.97 Å². The van der Waals surface area contributed by atoms with Crippen LogP contribution in [0.2, 0.25) is 5.02 Å². The van der Waals surface area contributed by atoms with Gasteiger partial charge in [0, 0.05) is 11.1 Å². The Bertz CT molecular complexity index is 585. The molecular weight excluding hydrogens is 290 g/mol. The Balaban J connectivity index is 3.02. The van der Waals surface area contributed by atoms with Crippen LogP contribution >= 0.6 is 11.6 Å². The second kappa shape index (κ2) is 5.90. The van der Waals surface area contributed by atoms with E-state index in [1.807, 2.05) is 0 Å². The van der Waals surface area contributed by atoms with Gasteiger partial charge < -0.3 is 5.11 Å². The summed E-state index contributed by atoms with van der Waals surface area (Å²) in [5.41, 5.74) is 0.509. The Kier molecular flexibility index (Phi) is 4.95. The topological polar surface area (TPSA) is 83.5 Å². The van der Waals surface area contributed by atoms with Crippen LogP contribution in [0.15, 0.2) is 23.1 Å². The Labute approximate surface area is 117 Å². The third-order valence-electron chi connectivity index (χ3n) is 2.91. The number of sulfonamides is 1. The van der Waals surface area contributed by atoms with Gasteiger partial charge in [-0.25, -0.2) is 13.1 Å². The first-order chi connectivity index (χ1) is 8.65. The summed E-state index contributed by atoms with van der Waals surface area (Å²) in [4.78, 5) is 10.9. The fourth-order valence-corrected chi connectivity index (χ4v) is 3.32. The Morgan fingerprint density at radius 2 is 1.95 bits per heavy atom. The van der Waals surface area contributed by atoms with E-state index in [4.69, 9.17) is 16.7 Å². The molecule has 19 heavy (non-hydrogen) atoms. The molecule has 0 saturated heterocycles. The molecule has 106 valence electrons. The number of nitrogens with one attached hydrogen (secondary N) is 1. The van der Waals surface area contributed by atoms with Crippen molar-refractivity contribution in [1.82, 2.24) is 4.72 Å². The maximum atomic E-state index is 12.2. The summed E-state index contributed by atoms with van der Waals surface area (Å²) in [5, 5.41) is 9.31. The minimum Gasteiger partial charge on any atom is -0.481 e. The quantitative estimate of drug-likeness (QED) is 0.872. The van der Waals surface area contributed by atoms with Crippen molar-refractivity contribution in [3.05, 3.63) is 28.8 Å². The van der Waals surface area contributed by atoms with E-state index in [1.165, 1.54) is 26.0 Å². The van der Waals surface area contributed by atoms with Gasteiger partial charge in [-0.05, 0) is 37.6 Å². The highest BCUT2D eigenvalue weighted by molar-refractivity contribution is 7.89. The van der Waals surface area contributed by atoms with Gasteiger partial charge in [0.25, 0.3) is 0 Å². The van der Waals surface area contributed by atoms with Gasteiger partial charge in [0.2, 0.25) is 10.0 Å². The van der Waals surface area contributed by atoms with E-state index >= 15 is 0 Å². The monoisotopic (exact) mass is 305 g/mol. The van der Waals surface area contributed by atoms with Crippen LogP contribution in [0.3, 0.4) is 0 Å². The fraction of sp³-hybridized carbons (Fsp3) is 0.417. The third kappa shape index (κ3) is 3.92. The molecule has 0 spiro atoms. The van der Waals surface area contributed by atoms with Crippen molar-refractivity contribution < 1.29 is 18.3 Å². The van der Waals surface area contributed by atoms with Crippen LogP contribution in [0.4, 0.5) is 0 Å². The largest absolute Gasteiger partial charge is 0.481 e. The lowest BCUT2D eigenvalue weighted by Gasteiger charge is -2.18. The van der Waals surface area contributed by atoms with Gasteiger partial charge in [-0.2, -0.15) is 0 Å². The summed E-state index contributed by atoms with van der Waals surface area (Å²) in [6.07, 6.45) is 0. The van der Waals surface area contributed by atoms with Crippen LogP contribution in [0, 0.1) is 12.8 Å². The zero-order valence-electron chi connectivity index (χ0n) is 10.8. The number of carbonyl (C=O) groups is 1. The minimum atomic E-state index is -3.76. The number of carboxylic acids is 1. The van der Waals surface area contributed by atoms with Crippen molar-refractivity contribution in [2.45, 2.75) is 31.7 Å². The lowest BCUT2D eigenvalue weighted by molar-refractivity contribution is -0.141. The molecule has 2 atom stereocenters. The number of halogens is 1. The summed E-state index contributed by atoms with van der Waals surface area (Å²) in [7, 11) is -3.76. The number of aliphatic carboxylic acids is 1. The van der Waals surface area contributed by atoms with Gasteiger partial charge in [-0.1, -0.05) is 18.5 Å². The van der Waals surface area contributed by atoms with Crippen LogP contribution < -0.4 is 4.72 Å². The van der Waals surface area contributed by atoms with Crippen molar-refractivity contribution in [1.29, 1.82) is 0 Å². The molecule has 2 unspecified atom stereocenters. The zero-order chi connectivity index (χ0) is 14.8. The molecule has 0 fully saturated rings. The highest BCUT2D eigenvalue weighted by atomic mass is 35.5. The van der Waals surface area contributed by atoms with E-state index in [2.05, 4.69) is 4.72 Å². The van der Waals surface area contributed by atoms with Crippen molar-refractivity contribution >= 4 is 27.6 Å². The Morgan fingerprint density at radius 1 is 1.37 bits per heavy atom. The molecule has 0 bridgehead atoms. The summed E-state index contributed by atoms with van der Waals surface area (Å²) >= 11 is 5.77. The third-order valence-corrected chi connectivity index (χ3v) is 4.86. The van der Waals surface area contributed by atoms with E-state index < -0.39 is 28.0 Å². The van der Waals surface area contributed by atoms with Crippen molar-refractivity contribution in [3.8, 4) is 0 Å². The van der Waals surface area contributed by atoms with Gasteiger partial charge in [-0.3, -0.25) is 4.79 Å². The number of carboxylic acid groups (broad SMARTS) is 1. The molecule has 0 aliphatic heterocycles. The molecule has 7 heteroatoms. The number of benzene rings is 1. The average Bonchev–Trinajstić information content (AvgIpc) is 2.26. The van der Waals surface area contributed by atoms with Crippen molar-refractivity contribution in [2.75, 3.05) is 0 Å². The molecule has 0 saturated carbocycles. The average molecular weight is 306 g/mol. The molecular formula is C12H16ClNO4S. The van der Waals surface area contributed by atoms with E-state index in [0.717, 1.165) is 0 Å². The lowest BCUT2D eigenvalue weighted by atomic mass is 10.1. The first-order valence-corrected chi connectivity index (χ1v) is 7.52. The molecule has 2 N–H and O–H groups in total. The second-order valence-electron chi connectivity index (χ2n) is 4.45. The fourth-order valence-electron chi connectivity index (χ4n) is 1.54. The minimum absolute atomic E-state index is 0.0985. The highest BCUT2D eigenvalue weighted by Crippen LogP contribution is 2.20. The Morgan fingerprint density at radius 3 is 2.42 bits per heavy atom. The first kappa shape index (κ1) is 15.9. The lowest BCUT2D eigenvalue weighted by Crippen LogP contribution is -2.40. The van der Waals surface area contributed by atoms with E-state index in [9.17, 15) is 13.2 Å². The second-order valence-corrected chi connectivity index (χ2v) is 6.57. The SMILES string of the molecule is Cc1cc(Cl)ccc1S(=O)(=O)NC(C)C(C)C(=O)O. The zero-order valence-corrected chi connectivity index (χ0v) is 12.4. The molecule has 0 heterocycles. The summed E-state index contributed by atoms with van der Waals surface area (Å²) in [5.74, 6) is -1.87. The molecule has 1 rings (SSSR count). The molecule has 5 nitrogen and oxygen atoms in total. The smallest absolute Gasteiger partial charge is 0.307 e. The van der Waals surface area contributed by atoms with E-state index in [0.29, 0.717) is 10.6 Å². The number of hydrogen-bond acceptors (Lipinski definition) is 3. The molecule has 0 radical (unpaired) electrons. The Hall–Kier alpha value is -1.11. The number of aryl methyl sites for hydroxylation is 1. The maximum Gasteiger partial charge on any atom is 0.307 e. The molecule has 1 aromatic rings. The van der Waals surface area contributed by atoms with E-state index in [1.54, 1.807) is 13.0 Å². The first-order valence-electron chi connectivity index (χ1n) is 5.66. The highest BCUT2D eigenvalue weighted by Gasteiger charge is 2.26. The van der Waals surface area contributed by atoms with Crippen molar-refractivity contribution in [2.24, 2.45) is 5.92 Å². The van der Waals surface area contributed by atoms with Crippen LogP contribution in [0.5, 0.6) is 0 Å². The van der Waals surface area contributed by atoms with Gasteiger partial charge in [0.15, 0.2) is 0 Å². The van der Waals surface area contributed by atoms with Gasteiger partial charge in [0.05, 0.1) is 10.8 Å². The molecule has 0 aliphatic rings. The van der Waals surface area contributed by atoms with Crippen LogP contribution in [0.1, 0.15) is 19.4 Å². The molecule has 0 aliphatic carbocycles. The standard InChI is InChI=1S/C12H16ClNO4S/c1-7-6-10(13)4-5-11(7)19(17,18)14-9(3)8(2)12(15)16/h4-6,8-9,14H,1-3H3,(H,15,16). The summed E-state index contributed by atoms with van der Waals surface area (Å²) in [6, 6.07) is 3.71. The van der Waals surface area contributed by atoms with Gasteiger partial charge in [-0.15, -0.1) is 0 Å². The molecule has 0 amide bonds. The predicted octanol–water partition coefficient (Wildman–Crippen LogP) is 2.04. The normalized spacial score (nSPS) is 14.9.